The first-order valence-electron chi connectivity index (χ1n) is 9.13. The second-order valence-electron chi connectivity index (χ2n) is 7.49. The summed E-state index contributed by atoms with van der Waals surface area (Å²) in [5, 5.41) is 0.819. The Morgan fingerprint density at radius 1 is 1.19 bits per heavy atom. The monoisotopic (exact) mass is 350 g/mol. The molecule has 4 rings (SSSR count). The van der Waals surface area contributed by atoms with E-state index in [9.17, 15) is 9.18 Å². The van der Waals surface area contributed by atoms with E-state index in [1.165, 1.54) is 12.1 Å². The highest BCUT2D eigenvalue weighted by atomic mass is 19.1. The topological polar surface area (TPSA) is 36.1 Å². The van der Waals surface area contributed by atoms with E-state index in [1.54, 1.807) is 6.07 Å². The van der Waals surface area contributed by atoms with Gasteiger partial charge in [-0.25, -0.2) is 4.39 Å². The van der Waals surface area contributed by atoms with Crippen LogP contribution in [0.2, 0.25) is 0 Å². The lowest BCUT2D eigenvalue weighted by atomic mass is 9.93. The summed E-state index contributed by atoms with van der Waals surface area (Å²) in [5.74, 6) is -0.131. The van der Waals surface area contributed by atoms with E-state index in [-0.39, 0.29) is 17.8 Å². The molecule has 1 aliphatic carbocycles. The Bertz CT molecular complexity index is 941. The Morgan fingerprint density at radius 2 is 1.92 bits per heavy atom. The highest BCUT2D eigenvalue weighted by molar-refractivity contribution is 5.97. The van der Waals surface area contributed by atoms with Gasteiger partial charge >= 0.3 is 0 Å². The van der Waals surface area contributed by atoms with E-state index in [0.717, 1.165) is 34.9 Å². The predicted octanol–water partition coefficient (Wildman–Crippen LogP) is 4.78. The molecule has 3 aromatic rings. The van der Waals surface area contributed by atoms with Crippen LogP contribution in [0.4, 0.5) is 4.39 Å². The van der Waals surface area contributed by atoms with Crippen molar-refractivity contribution in [2.75, 3.05) is 0 Å². The highest BCUT2D eigenvalue weighted by Crippen LogP contribution is 2.52. The molecule has 1 saturated carbocycles. The quantitative estimate of drug-likeness (QED) is 0.706. The Kier molecular flexibility index (Phi) is 4.06. The maximum atomic E-state index is 13.8. The molecular weight excluding hydrogens is 327 g/mol. The number of hydrogen-bond acceptors (Lipinski definition) is 1. The number of rotatable bonds is 5. The first-order chi connectivity index (χ1) is 12.5. The van der Waals surface area contributed by atoms with Crippen LogP contribution in [0.3, 0.4) is 0 Å². The van der Waals surface area contributed by atoms with Crippen molar-refractivity contribution in [3.63, 3.8) is 0 Å². The maximum Gasteiger partial charge on any atom is 0.233 e. The highest BCUT2D eigenvalue weighted by Gasteiger charge is 2.54. The van der Waals surface area contributed by atoms with Gasteiger partial charge in [0.25, 0.3) is 0 Å². The number of benzene rings is 2. The van der Waals surface area contributed by atoms with Gasteiger partial charge in [0.05, 0.1) is 5.41 Å². The summed E-state index contributed by atoms with van der Waals surface area (Å²) in [6, 6.07) is 14.9. The SMILES string of the molecule is CC(C)N(Cc1ccccc1)C(=O)C1(c2c[nH]c3ccc(F)cc23)CC1. The normalized spacial score (nSPS) is 15.4. The third-order valence-corrected chi connectivity index (χ3v) is 5.40. The molecule has 0 atom stereocenters. The van der Waals surface area contributed by atoms with Gasteiger partial charge in [-0.3, -0.25) is 4.79 Å². The number of amides is 1. The number of H-pyrrole nitrogens is 1. The molecule has 0 radical (unpaired) electrons. The van der Waals surface area contributed by atoms with Crippen molar-refractivity contribution >= 4 is 16.8 Å². The van der Waals surface area contributed by atoms with Crippen molar-refractivity contribution in [1.82, 2.24) is 9.88 Å². The van der Waals surface area contributed by atoms with Gasteiger partial charge in [0.15, 0.2) is 0 Å². The minimum absolute atomic E-state index is 0.0992. The van der Waals surface area contributed by atoms with E-state index >= 15 is 0 Å². The zero-order valence-corrected chi connectivity index (χ0v) is 15.1. The molecule has 1 fully saturated rings. The summed E-state index contributed by atoms with van der Waals surface area (Å²) in [6.45, 7) is 4.69. The van der Waals surface area contributed by atoms with Crippen molar-refractivity contribution in [3.8, 4) is 0 Å². The van der Waals surface area contributed by atoms with Gasteiger partial charge < -0.3 is 9.88 Å². The summed E-state index contributed by atoms with van der Waals surface area (Å²) < 4.78 is 13.8. The zero-order valence-electron chi connectivity index (χ0n) is 15.1. The fourth-order valence-corrected chi connectivity index (χ4v) is 3.76. The van der Waals surface area contributed by atoms with Crippen molar-refractivity contribution in [3.05, 3.63) is 71.7 Å². The zero-order chi connectivity index (χ0) is 18.3. The smallest absolute Gasteiger partial charge is 0.233 e. The number of fused-ring (bicyclic) bond motifs is 1. The number of nitrogens with zero attached hydrogens (tertiary/aromatic N) is 1. The van der Waals surface area contributed by atoms with E-state index in [2.05, 4.69) is 4.98 Å². The minimum Gasteiger partial charge on any atom is -0.361 e. The van der Waals surface area contributed by atoms with Gasteiger partial charge in [-0.1, -0.05) is 30.3 Å². The molecule has 4 heteroatoms. The Balaban J connectivity index is 1.69. The van der Waals surface area contributed by atoms with Crippen LogP contribution in [0, 0.1) is 5.82 Å². The van der Waals surface area contributed by atoms with Crippen molar-refractivity contribution in [2.24, 2.45) is 0 Å². The lowest BCUT2D eigenvalue weighted by Gasteiger charge is -2.31. The largest absolute Gasteiger partial charge is 0.361 e. The summed E-state index contributed by atoms with van der Waals surface area (Å²) >= 11 is 0. The molecule has 26 heavy (non-hydrogen) atoms. The number of carbonyl (C=O) groups excluding carboxylic acids is 1. The number of carbonyl (C=O) groups is 1. The van der Waals surface area contributed by atoms with Crippen molar-refractivity contribution in [1.29, 1.82) is 0 Å². The van der Waals surface area contributed by atoms with Crippen molar-refractivity contribution < 1.29 is 9.18 Å². The molecule has 1 N–H and O–H groups in total. The Hall–Kier alpha value is -2.62. The summed E-state index contributed by atoms with van der Waals surface area (Å²) in [5.41, 5.74) is 2.40. The molecular formula is C22H23FN2O. The molecule has 1 aromatic heterocycles. The molecule has 1 heterocycles. The standard InChI is InChI=1S/C22H23FN2O/c1-15(2)25(14-16-6-4-3-5-7-16)21(26)22(10-11-22)19-13-24-20-9-8-17(23)12-18(19)20/h3-9,12-13,15,24H,10-11,14H2,1-2H3. The van der Waals surface area contributed by atoms with Gasteiger partial charge in [0.2, 0.25) is 5.91 Å². The van der Waals surface area contributed by atoms with E-state index in [1.807, 2.05) is 55.3 Å². The van der Waals surface area contributed by atoms with Crippen LogP contribution in [0.15, 0.2) is 54.7 Å². The van der Waals surface area contributed by atoms with Crippen LogP contribution in [-0.4, -0.2) is 21.8 Å². The first kappa shape index (κ1) is 16.8. The molecule has 0 aliphatic heterocycles. The number of aromatic amines is 1. The average Bonchev–Trinajstić information content (AvgIpc) is 3.33. The summed E-state index contributed by atoms with van der Waals surface area (Å²) in [6.07, 6.45) is 3.51. The van der Waals surface area contributed by atoms with Crippen LogP contribution < -0.4 is 0 Å². The third kappa shape index (κ3) is 2.79. The van der Waals surface area contributed by atoms with Crippen molar-refractivity contribution in [2.45, 2.75) is 44.7 Å². The number of hydrogen-bond donors (Lipinski definition) is 1. The predicted molar refractivity (Wildman–Crippen MR) is 101 cm³/mol. The molecule has 0 unspecified atom stereocenters. The summed E-state index contributed by atoms with van der Waals surface area (Å²) in [7, 11) is 0. The lowest BCUT2D eigenvalue weighted by Crippen LogP contribution is -2.43. The van der Waals surface area contributed by atoms with Crippen LogP contribution >= 0.6 is 0 Å². The van der Waals surface area contributed by atoms with Crippen LogP contribution in [0.5, 0.6) is 0 Å². The average molecular weight is 350 g/mol. The molecule has 0 saturated heterocycles. The Morgan fingerprint density at radius 3 is 2.58 bits per heavy atom. The van der Waals surface area contributed by atoms with Crippen LogP contribution in [0.1, 0.15) is 37.8 Å². The van der Waals surface area contributed by atoms with Gasteiger partial charge in [0.1, 0.15) is 5.82 Å². The number of halogens is 1. The van der Waals surface area contributed by atoms with Gasteiger partial charge in [0, 0.05) is 29.7 Å². The molecule has 3 nitrogen and oxygen atoms in total. The van der Waals surface area contributed by atoms with E-state index in [4.69, 9.17) is 0 Å². The third-order valence-electron chi connectivity index (χ3n) is 5.40. The van der Waals surface area contributed by atoms with E-state index < -0.39 is 5.41 Å². The van der Waals surface area contributed by atoms with Gasteiger partial charge in [-0.05, 0) is 56.0 Å². The molecule has 2 aromatic carbocycles. The molecule has 0 spiro atoms. The maximum absolute atomic E-state index is 13.8. The number of nitrogens with one attached hydrogen (secondary N) is 1. The van der Waals surface area contributed by atoms with Gasteiger partial charge in [-0.15, -0.1) is 0 Å². The Labute approximate surface area is 152 Å². The molecule has 0 bridgehead atoms. The van der Waals surface area contributed by atoms with Gasteiger partial charge in [-0.2, -0.15) is 0 Å². The van der Waals surface area contributed by atoms with Crippen LogP contribution in [-0.2, 0) is 16.8 Å². The first-order valence-corrected chi connectivity index (χ1v) is 9.13. The number of aromatic nitrogens is 1. The molecule has 1 aliphatic rings. The molecule has 1 amide bonds. The fraction of sp³-hybridized carbons (Fsp3) is 0.318. The lowest BCUT2D eigenvalue weighted by molar-refractivity contribution is -0.136. The second-order valence-corrected chi connectivity index (χ2v) is 7.49. The summed E-state index contributed by atoms with van der Waals surface area (Å²) in [4.78, 5) is 18.7. The van der Waals surface area contributed by atoms with Crippen LogP contribution in [0.25, 0.3) is 10.9 Å². The minimum atomic E-state index is -0.523. The fourth-order valence-electron chi connectivity index (χ4n) is 3.76. The molecule has 134 valence electrons. The van der Waals surface area contributed by atoms with E-state index in [0.29, 0.717) is 6.54 Å². The second kappa shape index (κ2) is 6.27.